The Bertz CT molecular complexity index is 2150. The molecule has 4 saturated heterocycles. The maximum Gasteiger partial charge on any atom is 0.327 e. The first-order chi connectivity index (χ1) is 24.6. The lowest BCUT2D eigenvalue weighted by Crippen LogP contribution is -2.60. The Kier molecular flexibility index (Phi) is 8.12. The van der Waals surface area contributed by atoms with E-state index in [1.807, 2.05) is 31.2 Å². The third-order valence-electron chi connectivity index (χ3n) is 10.8. The summed E-state index contributed by atoms with van der Waals surface area (Å²) in [4.78, 5) is 88.8. The quantitative estimate of drug-likeness (QED) is 0.254. The van der Waals surface area contributed by atoms with Gasteiger partial charge in [0, 0.05) is 51.7 Å². The Morgan fingerprint density at radius 2 is 1.75 bits per heavy atom. The highest BCUT2D eigenvalue weighted by molar-refractivity contribution is 6.04. The van der Waals surface area contributed by atoms with E-state index in [1.54, 1.807) is 26.8 Å². The number of nitrogens with one attached hydrogen (secondary N) is 2. The van der Waals surface area contributed by atoms with E-state index in [2.05, 4.69) is 20.4 Å². The van der Waals surface area contributed by atoms with Crippen molar-refractivity contribution >= 4 is 57.2 Å². The fourth-order valence-electron chi connectivity index (χ4n) is 8.20. The number of amides is 5. The number of benzene rings is 2. The highest BCUT2D eigenvalue weighted by Gasteiger charge is 2.46. The molecule has 5 amide bonds. The summed E-state index contributed by atoms with van der Waals surface area (Å²) in [5, 5.41) is 6.97. The standard InChI is InChI=1S/C35H39N9O7/c1-19-5-9-27-21(17-19)29(39-51-27)34(49)42-12-11-20-6-7-26(43(20)32(47)22(36)18-42)33(48)41-15-13-40(14-16-41)23-3-2-4-24-30(23)38-35(50)44(24)25-8-10-28(45)37-31(25)46/h2-5,9,17,20,22,25-26H,6-8,10-16,18,36H2,1H3,(H,38,50)(H,37,45,46)/t20-,22+,25?,26+/m1/s1. The molecule has 4 atom stereocenters. The van der Waals surface area contributed by atoms with Crippen LogP contribution in [0.15, 0.2) is 45.7 Å². The number of aryl methyl sites for hydroxylation is 1. The molecule has 4 aliphatic heterocycles. The van der Waals surface area contributed by atoms with Crippen molar-refractivity contribution in [1.82, 2.24) is 34.7 Å². The summed E-state index contributed by atoms with van der Waals surface area (Å²) in [7, 11) is 0. The van der Waals surface area contributed by atoms with Crippen molar-refractivity contribution in [2.24, 2.45) is 5.73 Å². The molecule has 4 aliphatic rings. The van der Waals surface area contributed by atoms with Gasteiger partial charge in [-0.25, -0.2) is 4.79 Å². The number of hydrogen-bond acceptors (Lipinski definition) is 10. The minimum atomic E-state index is -1.00. The van der Waals surface area contributed by atoms with Crippen LogP contribution in [0.1, 0.15) is 54.2 Å². The number of hydrogen-bond donors (Lipinski definition) is 3. The number of carbonyl (C=O) groups excluding carboxylic acids is 5. The van der Waals surface area contributed by atoms with Gasteiger partial charge in [-0.3, -0.25) is 33.9 Å². The molecule has 0 aliphatic carbocycles. The number of carbonyl (C=O) groups is 5. The molecule has 16 nitrogen and oxygen atoms in total. The smallest absolute Gasteiger partial charge is 0.327 e. The van der Waals surface area contributed by atoms with Gasteiger partial charge in [0.1, 0.15) is 18.1 Å². The maximum absolute atomic E-state index is 14.0. The van der Waals surface area contributed by atoms with Gasteiger partial charge < -0.3 is 34.8 Å². The summed E-state index contributed by atoms with van der Waals surface area (Å²) >= 11 is 0. The highest BCUT2D eigenvalue weighted by Crippen LogP contribution is 2.33. The molecule has 6 heterocycles. The Morgan fingerprint density at radius 3 is 2.53 bits per heavy atom. The van der Waals surface area contributed by atoms with Crippen LogP contribution >= 0.6 is 0 Å². The molecule has 8 rings (SSSR count). The third kappa shape index (κ3) is 5.63. The van der Waals surface area contributed by atoms with Crippen molar-refractivity contribution in [3.8, 4) is 0 Å². The van der Waals surface area contributed by atoms with Gasteiger partial charge in [0.15, 0.2) is 11.3 Å². The van der Waals surface area contributed by atoms with Crippen molar-refractivity contribution in [1.29, 1.82) is 0 Å². The summed E-state index contributed by atoms with van der Waals surface area (Å²) in [6, 6.07) is 8.35. The van der Waals surface area contributed by atoms with Crippen LogP contribution in [-0.4, -0.2) is 116 Å². The van der Waals surface area contributed by atoms with Gasteiger partial charge in [-0.05, 0) is 56.9 Å². The van der Waals surface area contributed by atoms with Crippen LogP contribution < -0.4 is 21.6 Å². The number of nitrogens with zero attached hydrogens (tertiary/aromatic N) is 6. The van der Waals surface area contributed by atoms with Crippen molar-refractivity contribution in [2.45, 2.75) is 63.2 Å². The zero-order valence-corrected chi connectivity index (χ0v) is 28.2. The molecule has 266 valence electrons. The van der Waals surface area contributed by atoms with E-state index < -0.39 is 29.7 Å². The van der Waals surface area contributed by atoms with Gasteiger partial charge in [-0.15, -0.1) is 0 Å². The molecule has 0 spiro atoms. The monoisotopic (exact) mass is 697 g/mol. The van der Waals surface area contributed by atoms with Crippen LogP contribution in [0.2, 0.25) is 0 Å². The van der Waals surface area contributed by atoms with Gasteiger partial charge >= 0.3 is 5.69 Å². The second kappa shape index (κ2) is 12.7. The summed E-state index contributed by atoms with van der Waals surface area (Å²) in [6.45, 7) is 4.10. The molecule has 4 fully saturated rings. The number of imide groups is 1. The Morgan fingerprint density at radius 1 is 0.941 bits per heavy atom. The average Bonchev–Trinajstić information content (AvgIpc) is 3.83. The molecule has 51 heavy (non-hydrogen) atoms. The van der Waals surface area contributed by atoms with Crippen LogP contribution in [0.25, 0.3) is 22.0 Å². The molecule has 2 aromatic carbocycles. The molecule has 0 bridgehead atoms. The lowest BCUT2D eigenvalue weighted by molar-refractivity contribution is -0.147. The van der Waals surface area contributed by atoms with E-state index in [4.69, 9.17) is 10.3 Å². The minimum absolute atomic E-state index is 0.000449. The fourth-order valence-corrected chi connectivity index (χ4v) is 8.20. The van der Waals surface area contributed by atoms with Gasteiger partial charge in [0.05, 0.1) is 22.1 Å². The number of anilines is 1. The number of imidazole rings is 1. The molecule has 1 unspecified atom stereocenters. The van der Waals surface area contributed by atoms with Crippen LogP contribution in [0.5, 0.6) is 0 Å². The molecular weight excluding hydrogens is 658 g/mol. The van der Waals surface area contributed by atoms with E-state index >= 15 is 0 Å². The van der Waals surface area contributed by atoms with Crippen LogP contribution in [-0.2, 0) is 19.2 Å². The highest BCUT2D eigenvalue weighted by atomic mass is 16.5. The second-order valence-corrected chi connectivity index (χ2v) is 13.9. The van der Waals surface area contributed by atoms with Crippen molar-refractivity contribution in [3.05, 3.63) is 58.1 Å². The first-order valence-corrected chi connectivity index (χ1v) is 17.4. The van der Waals surface area contributed by atoms with Crippen molar-refractivity contribution in [3.63, 3.8) is 0 Å². The zero-order valence-electron chi connectivity index (χ0n) is 28.2. The van der Waals surface area contributed by atoms with Crippen LogP contribution in [0.4, 0.5) is 5.69 Å². The molecule has 0 saturated carbocycles. The van der Waals surface area contributed by atoms with E-state index in [9.17, 15) is 28.8 Å². The van der Waals surface area contributed by atoms with E-state index in [0.29, 0.717) is 74.0 Å². The van der Waals surface area contributed by atoms with Crippen LogP contribution in [0, 0.1) is 6.92 Å². The predicted octanol–water partition coefficient (Wildman–Crippen LogP) is 0.639. The number of piperazine rings is 1. The molecule has 0 radical (unpaired) electrons. The van der Waals surface area contributed by atoms with Crippen molar-refractivity contribution < 1.29 is 28.5 Å². The van der Waals surface area contributed by atoms with Crippen LogP contribution in [0.3, 0.4) is 0 Å². The Hall–Kier alpha value is -5.51. The largest absolute Gasteiger partial charge is 0.366 e. The number of fused-ring (bicyclic) bond motifs is 3. The molecule has 2 aromatic heterocycles. The number of piperidine rings is 1. The fraction of sp³-hybridized carbons (Fsp3) is 0.457. The van der Waals surface area contributed by atoms with Crippen molar-refractivity contribution in [2.75, 3.05) is 44.2 Å². The summed E-state index contributed by atoms with van der Waals surface area (Å²) in [5.74, 6) is -1.65. The Labute approximate surface area is 291 Å². The number of rotatable bonds is 4. The summed E-state index contributed by atoms with van der Waals surface area (Å²) in [6.07, 6.45) is 2.05. The van der Waals surface area contributed by atoms with Gasteiger partial charge in [-0.2, -0.15) is 0 Å². The van der Waals surface area contributed by atoms with E-state index in [-0.39, 0.29) is 54.8 Å². The number of H-pyrrole nitrogens is 1. The Balaban J connectivity index is 0.939. The summed E-state index contributed by atoms with van der Waals surface area (Å²) in [5.41, 5.74) is 9.62. The maximum atomic E-state index is 14.0. The number of aromatic amines is 1. The van der Waals surface area contributed by atoms with Gasteiger partial charge in [0.25, 0.3) is 5.91 Å². The average molecular weight is 698 g/mol. The van der Waals surface area contributed by atoms with E-state index in [0.717, 1.165) is 11.3 Å². The second-order valence-electron chi connectivity index (χ2n) is 13.9. The number of nitrogens with two attached hydrogens (primary N) is 1. The topological polar surface area (TPSA) is 200 Å². The lowest BCUT2D eigenvalue weighted by Gasteiger charge is -2.41. The summed E-state index contributed by atoms with van der Waals surface area (Å²) < 4.78 is 6.80. The first kappa shape index (κ1) is 32.7. The minimum Gasteiger partial charge on any atom is -0.366 e. The normalized spacial score (nSPS) is 24.5. The molecule has 4 aromatic rings. The zero-order chi connectivity index (χ0) is 35.6. The first-order valence-electron chi connectivity index (χ1n) is 17.4. The SMILES string of the molecule is Cc1ccc2onc(C(=O)N3CC[C@H]4CC[C@@H](C(=O)N5CCN(c6cccc7c6[nH]c(=O)n7C6CCC(=O)NC6=O)CC5)N4C(=O)[C@@H](N)C3)c2c1. The van der Waals surface area contributed by atoms with E-state index in [1.165, 1.54) is 4.57 Å². The predicted molar refractivity (Wildman–Crippen MR) is 184 cm³/mol. The van der Waals surface area contributed by atoms with Gasteiger partial charge in [-0.1, -0.05) is 22.9 Å². The molecule has 4 N–H and O–H groups in total. The molecule has 16 heteroatoms. The molecular formula is C35H39N9O7. The number of para-hydroxylation sites is 1. The van der Waals surface area contributed by atoms with Gasteiger partial charge in [0.2, 0.25) is 23.6 Å². The number of aromatic nitrogens is 3. The third-order valence-corrected chi connectivity index (χ3v) is 10.8. The lowest BCUT2D eigenvalue weighted by atomic mass is 10.1.